The topological polar surface area (TPSA) is 59.8 Å². The van der Waals surface area contributed by atoms with Gasteiger partial charge in [0.15, 0.2) is 6.23 Å². The molecule has 6 heteroatoms. The second-order valence-corrected chi connectivity index (χ2v) is 10.1. The van der Waals surface area contributed by atoms with E-state index in [1.54, 1.807) is 6.92 Å². The minimum atomic E-state index is -0.461. The lowest BCUT2D eigenvalue weighted by Crippen LogP contribution is -2.49. The highest BCUT2D eigenvalue weighted by atomic mass is 16.5. The van der Waals surface area contributed by atoms with Gasteiger partial charge in [0.2, 0.25) is 0 Å². The normalized spacial score (nSPS) is 19.7. The summed E-state index contributed by atoms with van der Waals surface area (Å²) in [5, 5.41) is 10.1. The van der Waals surface area contributed by atoms with Crippen LogP contribution in [0.2, 0.25) is 0 Å². The Hall–Kier alpha value is -2.88. The van der Waals surface area contributed by atoms with Crippen molar-refractivity contribution in [3.05, 3.63) is 59.7 Å². The Morgan fingerprint density at radius 2 is 1.71 bits per heavy atom. The zero-order chi connectivity index (χ0) is 24.8. The fourth-order valence-corrected chi connectivity index (χ4v) is 5.37. The lowest BCUT2D eigenvalue weighted by atomic mass is 9.74. The number of Topliss-reactive ketones (excluding diaryl/α,β-unsaturated/α-hetero) is 1. The number of rotatable bonds is 8. The third kappa shape index (κ3) is 5.86. The number of nitrogens with zero attached hydrogens (tertiary/aromatic N) is 4. The molecular weight excluding hydrogens is 436 g/mol. The molecule has 0 spiro atoms. The zero-order valence-corrected chi connectivity index (χ0v) is 21.4. The number of nitriles is 1. The Balaban J connectivity index is 1.54. The standard InChI is InChI=1S/C29H38N4O2/c1-23-8-7-11-26(28(23)33-20-18-31(3)19-21-33)35-27(13-12-24(2)34)32-16-14-29(22-30,15-17-32)25-9-5-4-6-10-25/h4-11,27H,12-21H2,1-3H3. The maximum atomic E-state index is 11.9. The molecule has 1 unspecified atom stereocenters. The van der Waals surface area contributed by atoms with Crippen LogP contribution in [-0.4, -0.2) is 68.1 Å². The van der Waals surface area contributed by atoms with Crippen LogP contribution in [0.4, 0.5) is 5.69 Å². The summed E-state index contributed by atoms with van der Waals surface area (Å²) < 4.78 is 6.74. The summed E-state index contributed by atoms with van der Waals surface area (Å²) in [5.41, 5.74) is 3.01. The molecule has 0 bridgehead atoms. The Morgan fingerprint density at radius 1 is 1.03 bits per heavy atom. The molecule has 2 aromatic rings. The van der Waals surface area contributed by atoms with Gasteiger partial charge in [-0.15, -0.1) is 0 Å². The molecule has 35 heavy (non-hydrogen) atoms. The molecule has 2 aromatic carbocycles. The van der Waals surface area contributed by atoms with Crippen molar-refractivity contribution < 1.29 is 9.53 Å². The van der Waals surface area contributed by atoms with E-state index in [0.29, 0.717) is 12.8 Å². The molecule has 0 amide bonds. The molecule has 2 fully saturated rings. The van der Waals surface area contributed by atoms with Gasteiger partial charge in [0.05, 0.1) is 17.2 Å². The quantitative estimate of drug-likeness (QED) is 0.566. The maximum Gasteiger partial charge on any atom is 0.153 e. The van der Waals surface area contributed by atoms with Crippen molar-refractivity contribution in [3.63, 3.8) is 0 Å². The van der Waals surface area contributed by atoms with E-state index in [-0.39, 0.29) is 12.0 Å². The maximum absolute atomic E-state index is 11.9. The van der Waals surface area contributed by atoms with Crippen LogP contribution in [-0.2, 0) is 10.2 Å². The lowest BCUT2D eigenvalue weighted by Gasteiger charge is -2.42. The second-order valence-electron chi connectivity index (χ2n) is 10.1. The predicted molar refractivity (Wildman–Crippen MR) is 140 cm³/mol. The van der Waals surface area contributed by atoms with Crippen molar-refractivity contribution in [3.8, 4) is 11.8 Å². The van der Waals surface area contributed by atoms with Gasteiger partial charge in [-0.05, 0) is 50.9 Å². The number of ether oxygens (including phenoxy) is 1. The van der Waals surface area contributed by atoms with E-state index < -0.39 is 5.41 Å². The number of carbonyl (C=O) groups excluding carboxylic acids is 1. The number of hydrogen-bond acceptors (Lipinski definition) is 6. The van der Waals surface area contributed by atoms with E-state index in [0.717, 1.165) is 63.4 Å². The highest BCUT2D eigenvalue weighted by Crippen LogP contribution is 2.38. The third-order valence-corrected chi connectivity index (χ3v) is 7.63. The van der Waals surface area contributed by atoms with E-state index in [1.165, 1.54) is 11.3 Å². The Labute approximate surface area is 210 Å². The number of anilines is 1. The van der Waals surface area contributed by atoms with E-state index in [2.05, 4.69) is 65.1 Å². The summed E-state index contributed by atoms with van der Waals surface area (Å²) in [4.78, 5) is 19.0. The number of carbonyl (C=O) groups is 1. The largest absolute Gasteiger partial charge is 0.473 e. The summed E-state index contributed by atoms with van der Waals surface area (Å²) in [5.74, 6) is 1.07. The fraction of sp³-hybridized carbons (Fsp3) is 0.517. The molecule has 2 aliphatic rings. The average Bonchev–Trinajstić information content (AvgIpc) is 2.88. The summed E-state index contributed by atoms with van der Waals surface area (Å²) in [6.45, 7) is 9.33. The molecule has 2 saturated heterocycles. The van der Waals surface area contributed by atoms with Crippen molar-refractivity contribution in [2.24, 2.45) is 0 Å². The first-order valence-corrected chi connectivity index (χ1v) is 12.8. The van der Waals surface area contributed by atoms with E-state index in [1.807, 2.05) is 18.2 Å². The number of aryl methyl sites for hydroxylation is 1. The molecule has 0 saturated carbocycles. The monoisotopic (exact) mass is 474 g/mol. The Bertz CT molecular complexity index is 1030. The highest BCUT2D eigenvalue weighted by Gasteiger charge is 2.39. The van der Waals surface area contributed by atoms with Crippen LogP contribution in [0.1, 0.15) is 43.7 Å². The van der Waals surface area contributed by atoms with Crippen molar-refractivity contribution in [2.45, 2.75) is 51.2 Å². The minimum Gasteiger partial charge on any atom is -0.473 e. The first-order chi connectivity index (χ1) is 16.9. The Morgan fingerprint density at radius 3 is 2.34 bits per heavy atom. The van der Waals surface area contributed by atoms with Gasteiger partial charge >= 0.3 is 0 Å². The molecular formula is C29H38N4O2. The zero-order valence-electron chi connectivity index (χ0n) is 21.4. The minimum absolute atomic E-state index is 0.176. The number of likely N-dealkylation sites (tertiary alicyclic amines) is 1. The van der Waals surface area contributed by atoms with Gasteiger partial charge in [0.1, 0.15) is 11.5 Å². The molecule has 2 heterocycles. The molecule has 6 nitrogen and oxygen atoms in total. The van der Waals surface area contributed by atoms with Crippen LogP contribution in [0.5, 0.6) is 5.75 Å². The molecule has 186 valence electrons. The SMILES string of the molecule is CC(=O)CCC(Oc1cccc(C)c1N1CCN(C)CC1)N1CCC(C#N)(c2ccccc2)CC1. The van der Waals surface area contributed by atoms with Crippen molar-refractivity contribution in [1.82, 2.24) is 9.80 Å². The van der Waals surface area contributed by atoms with E-state index in [4.69, 9.17) is 4.74 Å². The summed E-state index contributed by atoms with van der Waals surface area (Å²) in [6.07, 6.45) is 2.45. The molecule has 0 N–H and O–H groups in total. The average molecular weight is 475 g/mol. The van der Waals surface area contributed by atoms with Gasteiger partial charge in [0, 0.05) is 52.1 Å². The summed E-state index contributed by atoms with van der Waals surface area (Å²) >= 11 is 0. The van der Waals surface area contributed by atoms with Gasteiger partial charge in [-0.1, -0.05) is 42.5 Å². The smallest absolute Gasteiger partial charge is 0.153 e. The van der Waals surface area contributed by atoms with Crippen molar-refractivity contribution in [1.29, 1.82) is 5.26 Å². The van der Waals surface area contributed by atoms with Gasteiger partial charge in [-0.3, -0.25) is 4.90 Å². The molecule has 1 atom stereocenters. The van der Waals surface area contributed by atoms with Gasteiger partial charge < -0.3 is 19.3 Å². The van der Waals surface area contributed by atoms with Crippen LogP contribution in [0, 0.1) is 18.3 Å². The first-order valence-electron chi connectivity index (χ1n) is 12.8. The van der Waals surface area contributed by atoms with Crippen molar-refractivity contribution in [2.75, 3.05) is 51.2 Å². The lowest BCUT2D eigenvalue weighted by molar-refractivity contribution is -0.118. The van der Waals surface area contributed by atoms with Crippen LogP contribution < -0.4 is 9.64 Å². The van der Waals surface area contributed by atoms with Crippen molar-refractivity contribution >= 4 is 11.5 Å². The van der Waals surface area contributed by atoms with Gasteiger partial charge in [0.25, 0.3) is 0 Å². The van der Waals surface area contributed by atoms with Crippen LogP contribution >= 0.6 is 0 Å². The molecule has 0 aromatic heterocycles. The predicted octanol–water partition coefficient (Wildman–Crippen LogP) is 4.38. The molecule has 0 radical (unpaired) electrons. The Kier molecular flexibility index (Phi) is 8.10. The summed E-state index contributed by atoms with van der Waals surface area (Å²) in [7, 11) is 2.16. The number of piperazine rings is 1. The third-order valence-electron chi connectivity index (χ3n) is 7.63. The fourth-order valence-electron chi connectivity index (χ4n) is 5.37. The van der Waals surface area contributed by atoms with E-state index in [9.17, 15) is 10.1 Å². The van der Waals surface area contributed by atoms with Crippen LogP contribution in [0.25, 0.3) is 0 Å². The van der Waals surface area contributed by atoms with E-state index >= 15 is 0 Å². The number of piperidine rings is 1. The number of hydrogen-bond donors (Lipinski definition) is 0. The van der Waals surface area contributed by atoms with Crippen LogP contribution in [0.15, 0.2) is 48.5 Å². The van der Waals surface area contributed by atoms with Gasteiger partial charge in [-0.2, -0.15) is 5.26 Å². The number of benzene rings is 2. The number of ketones is 1. The van der Waals surface area contributed by atoms with Crippen LogP contribution in [0.3, 0.4) is 0 Å². The number of para-hydroxylation sites is 1. The molecule has 0 aliphatic carbocycles. The van der Waals surface area contributed by atoms with Gasteiger partial charge in [-0.25, -0.2) is 0 Å². The second kappa shape index (κ2) is 11.2. The molecule has 2 aliphatic heterocycles. The summed E-state index contributed by atoms with van der Waals surface area (Å²) in [6, 6.07) is 19.0. The highest BCUT2D eigenvalue weighted by molar-refractivity contribution is 5.75. The number of likely N-dealkylation sites (N-methyl/N-ethyl adjacent to an activating group) is 1. The molecule has 4 rings (SSSR count). The first kappa shape index (κ1) is 25.2.